The smallest absolute Gasteiger partial charge is 0.128 e. The van der Waals surface area contributed by atoms with Gasteiger partial charge in [-0.05, 0) is 25.6 Å². The number of hydrogen-bond donors (Lipinski definition) is 1. The summed E-state index contributed by atoms with van der Waals surface area (Å²) in [7, 11) is 1.96. The molecule has 0 aliphatic heterocycles. The number of thiazole rings is 1. The zero-order valence-corrected chi connectivity index (χ0v) is 12.0. The van der Waals surface area contributed by atoms with Crippen molar-refractivity contribution in [2.75, 3.05) is 7.05 Å². The molecule has 0 radical (unpaired) electrons. The summed E-state index contributed by atoms with van der Waals surface area (Å²) in [6.45, 7) is 3.64. The molecule has 0 spiro atoms. The number of halogens is 1. The lowest BCUT2D eigenvalue weighted by molar-refractivity contribution is 0.310. The molecule has 0 aliphatic carbocycles. The molecule has 3 nitrogen and oxygen atoms in total. The second kappa shape index (κ2) is 6.23. The second-order valence-corrected chi connectivity index (χ2v) is 5.72. The van der Waals surface area contributed by atoms with Crippen molar-refractivity contribution in [3.8, 4) is 0 Å². The van der Waals surface area contributed by atoms with Crippen LogP contribution in [0.3, 0.4) is 0 Å². The monoisotopic (exact) mass is 279 g/mol. The molecule has 102 valence electrons. The van der Waals surface area contributed by atoms with Crippen molar-refractivity contribution >= 4 is 11.3 Å². The standard InChI is InChI=1S/C14H18FN3S/c1-10-17-13(9-19-10)8-18(2)7-12-4-3-11(6-16)5-14(12)15/h3-5,9H,6-8,16H2,1-2H3. The third-order valence-electron chi connectivity index (χ3n) is 2.89. The summed E-state index contributed by atoms with van der Waals surface area (Å²) in [5, 5.41) is 3.10. The van der Waals surface area contributed by atoms with Crippen LogP contribution in [0.1, 0.15) is 21.8 Å². The molecule has 2 rings (SSSR count). The minimum Gasteiger partial charge on any atom is -0.326 e. The van der Waals surface area contributed by atoms with Crippen LogP contribution < -0.4 is 5.73 Å². The Morgan fingerprint density at radius 2 is 2.16 bits per heavy atom. The lowest BCUT2D eigenvalue weighted by atomic mass is 10.1. The molecular formula is C14H18FN3S. The minimum absolute atomic E-state index is 0.191. The SMILES string of the molecule is Cc1nc(CN(C)Cc2ccc(CN)cc2F)cs1. The first kappa shape index (κ1) is 14.1. The maximum Gasteiger partial charge on any atom is 0.128 e. The van der Waals surface area contributed by atoms with E-state index in [1.807, 2.05) is 25.4 Å². The summed E-state index contributed by atoms with van der Waals surface area (Å²) in [5.41, 5.74) is 8.03. The maximum atomic E-state index is 13.8. The van der Waals surface area contributed by atoms with Crippen LogP contribution in [-0.4, -0.2) is 16.9 Å². The average Bonchev–Trinajstić information content (AvgIpc) is 2.77. The number of benzene rings is 1. The van der Waals surface area contributed by atoms with Gasteiger partial charge in [-0.3, -0.25) is 4.90 Å². The summed E-state index contributed by atoms with van der Waals surface area (Å²) >= 11 is 1.64. The Hall–Kier alpha value is -1.30. The first-order chi connectivity index (χ1) is 9.08. The van der Waals surface area contributed by atoms with Crippen LogP contribution in [0.4, 0.5) is 4.39 Å². The first-order valence-electron chi connectivity index (χ1n) is 6.15. The third-order valence-corrected chi connectivity index (χ3v) is 3.71. The van der Waals surface area contributed by atoms with E-state index in [9.17, 15) is 4.39 Å². The molecule has 0 aliphatic rings. The molecule has 1 aromatic carbocycles. The van der Waals surface area contributed by atoms with Gasteiger partial charge in [-0.15, -0.1) is 11.3 Å². The fraction of sp³-hybridized carbons (Fsp3) is 0.357. The molecule has 2 N–H and O–H groups in total. The van der Waals surface area contributed by atoms with Crippen molar-refractivity contribution in [2.24, 2.45) is 5.73 Å². The highest BCUT2D eigenvalue weighted by Gasteiger charge is 2.08. The number of nitrogens with two attached hydrogens (primary N) is 1. The highest BCUT2D eigenvalue weighted by atomic mass is 32.1. The predicted molar refractivity (Wildman–Crippen MR) is 76.3 cm³/mol. The van der Waals surface area contributed by atoms with Crippen LogP contribution in [0.2, 0.25) is 0 Å². The van der Waals surface area contributed by atoms with Crippen LogP contribution in [0.25, 0.3) is 0 Å². The van der Waals surface area contributed by atoms with Crippen LogP contribution in [0.15, 0.2) is 23.6 Å². The number of aromatic nitrogens is 1. The van der Waals surface area contributed by atoms with Gasteiger partial charge in [0.1, 0.15) is 5.82 Å². The molecule has 0 amide bonds. The summed E-state index contributed by atoms with van der Waals surface area (Å²) in [4.78, 5) is 6.46. The van der Waals surface area contributed by atoms with Crippen molar-refractivity contribution in [3.05, 3.63) is 51.2 Å². The van der Waals surface area contributed by atoms with Gasteiger partial charge in [-0.25, -0.2) is 9.37 Å². The van der Waals surface area contributed by atoms with Crippen molar-refractivity contribution < 1.29 is 4.39 Å². The molecule has 2 aromatic rings. The molecule has 0 fully saturated rings. The summed E-state index contributed by atoms with van der Waals surface area (Å²) in [6, 6.07) is 5.19. The normalized spacial score (nSPS) is 11.2. The Kier molecular flexibility index (Phi) is 4.63. The molecular weight excluding hydrogens is 261 g/mol. The number of nitrogens with zero attached hydrogens (tertiary/aromatic N) is 2. The highest BCUT2D eigenvalue weighted by molar-refractivity contribution is 7.09. The van der Waals surface area contributed by atoms with Gasteiger partial charge in [-0.1, -0.05) is 12.1 Å². The van der Waals surface area contributed by atoms with Crippen molar-refractivity contribution in [1.29, 1.82) is 0 Å². The third kappa shape index (κ3) is 3.83. The first-order valence-corrected chi connectivity index (χ1v) is 7.03. The maximum absolute atomic E-state index is 13.8. The molecule has 1 heterocycles. The van der Waals surface area contributed by atoms with Crippen molar-refractivity contribution in [2.45, 2.75) is 26.6 Å². The molecule has 0 saturated heterocycles. The number of aryl methyl sites for hydroxylation is 1. The zero-order valence-electron chi connectivity index (χ0n) is 11.2. The van der Waals surface area contributed by atoms with Gasteiger partial charge in [0.25, 0.3) is 0 Å². The Balaban J connectivity index is 2.00. The van der Waals surface area contributed by atoms with Crippen molar-refractivity contribution in [3.63, 3.8) is 0 Å². The van der Waals surface area contributed by atoms with Crippen LogP contribution in [-0.2, 0) is 19.6 Å². The summed E-state index contributed by atoms with van der Waals surface area (Å²) in [6.07, 6.45) is 0. The second-order valence-electron chi connectivity index (χ2n) is 4.66. The van der Waals surface area contributed by atoms with Gasteiger partial charge >= 0.3 is 0 Å². The van der Waals surface area contributed by atoms with E-state index in [1.165, 1.54) is 6.07 Å². The quantitative estimate of drug-likeness (QED) is 0.915. The van der Waals surface area contributed by atoms with E-state index in [0.29, 0.717) is 18.7 Å². The average molecular weight is 279 g/mol. The lowest BCUT2D eigenvalue weighted by Gasteiger charge is -2.16. The highest BCUT2D eigenvalue weighted by Crippen LogP contribution is 2.15. The number of hydrogen-bond acceptors (Lipinski definition) is 4. The zero-order chi connectivity index (χ0) is 13.8. The van der Waals surface area contributed by atoms with Gasteiger partial charge in [0.15, 0.2) is 0 Å². The van der Waals surface area contributed by atoms with E-state index in [1.54, 1.807) is 17.4 Å². The molecule has 0 unspecified atom stereocenters. The predicted octanol–water partition coefficient (Wildman–Crippen LogP) is 2.68. The molecule has 0 saturated carbocycles. The largest absolute Gasteiger partial charge is 0.326 e. The van der Waals surface area contributed by atoms with Crippen LogP contribution >= 0.6 is 11.3 Å². The van der Waals surface area contributed by atoms with Gasteiger partial charge in [0, 0.05) is 30.6 Å². The van der Waals surface area contributed by atoms with Gasteiger partial charge in [-0.2, -0.15) is 0 Å². The molecule has 5 heteroatoms. The minimum atomic E-state index is -0.191. The Morgan fingerprint density at radius 1 is 1.37 bits per heavy atom. The fourth-order valence-electron chi connectivity index (χ4n) is 1.95. The molecule has 0 bridgehead atoms. The molecule has 1 aromatic heterocycles. The van der Waals surface area contributed by atoms with Gasteiger partial charge in [0.05, 0.1) is 10.7 Å². The Labute approximate surface area is 116 Å². The molecule has 19 heavy (non-hydrogen) atoms. The van der Waals surface area contributed by atoms with Crippen LogP contribution in [0.5, 0.6) is 0 Å². The summed E-state index contributed by atoms with van der Waals surface area (Å²) < 4.78 is 13.8. The fourth-order valence-corrected chi connectivity index (χ4v) is 2.55. The van der Waals surface area contributed by atoms with E-state index in [2.05, 4.69) is 9.88 Å². The van der Waals surface area contributed by atoms with E-state index >= 15 is 0 Å². The number of rotatable bonds is 5. The van der Waals surface area contributed by atoms with E-state index in [4.69, 9.17) is 5.73 Å². The van der Waals surface area contributed by atoms with E-state index in [0.717, 1.165) is 22.8 Å². The van der Waals surface area contributed by atoms with Crippen molar-refractivity contribution in [1.82, 2.24) is 9.88 Å². The lowest BCUT2D eigenvalue weighted by Crippen LogP contribution is -2.18. The van der Waals surface area contributed by atoms with Crippen LogP contribution in [0, 0.1) is 12.7 Å². The Morgan fingerprint density at radius 3 is 2.74 bits per heavy atom. The molecule has 0 atom stereocenters. The van der Waals surface area contributed by atoms with E-state index in [-0.39, 0.29) is 5.82 Å². The summed E-state index contributed by atoms with van der Waals surface area (Å²) in [5.74, 6) is -0.191. The topological polar surface area (TPSA) is 42.2 Å². The van der Waals surface area contributed by atoms with Gasteiger partial charge < -0.3 is 5.73 Å². The Bertz CT molecular complexity index is 553. The van der Waals surface area contributed by atoms with Gasteiger partial charge in [0.2, 0.25) is 0 Å². The van der Waals surface area contributed by atoms with E-state index < -0.39 is 0 Å².